The van der Waals surface area contributed by atoms with Gasteiger partial charge in [0.15, 0.2) is 5.96 Å². The third-order valence-electron chi connectivity index (χ3n) is 7.62. The number of rotatable bonds is 13. The van der Waals surface area contributed by atoms with Crippen molar-refractivity contribution in [1.82, 2.24) is 15.5 Å². The van der Waals surface area contributed by atoms with Crippen molar-refractivity contribution in [2.24, 2.45) is 16.5 Å². The van der Waals surface area contributed by atoms with Crippen molar-refractivity contribution in [2.45, 2.75) is 50.1 Å². The SMILES string of the molecule is NC(N)=NCCCC1CN(CC(c2ccccc2)c2ccccc2)CCC(CNC(=O)CCc2ccccc2)N1. The fourth-order valence-electron chi connectivity index (χ4n) is 5.52. The standard InChI is InChI=1S/C33H44N6O/c34-33(35)36-21-10-17-30-24-39(25-31(27-13-6-2-7-14-27)28-15-8-3-9-16-28)22-20-29(38-30)23-37-32(40)19-18-26-11-4-1-5-12-26/h1-9,11-16,29-31,38H,10,17-25H2,(H,37,40)(H4,34,35,36). The number of benzene rings is 3. The molecule has 3 aromatic carbocycles. The molecule has 7 heteroatoms. The molecular formula is C33H44N6O. The second-order valence-corrected chi connectivity index (χ2v) is 10.7. The highest BCUT2D eigenvalue weighted by molar-refractivity contribution is 5.76. The average Bonchev–Trinajstić information content (AvgIpc) is 3.19. The van der Waals surface area contributed by atoms with Gasteiger partial charge >= 0.3 is 0 Å². The van der Waals surface area contributed by atoms with Crippen LogP contribution in [-0.4, -0.2) is 61.6 Å². The Bertz CT molecular complexity index is 1130. The van der Waals surface area contributed by atoms with Gasteiger partial charge in [-0.3, -0.25) is 9.79 Å². The molecule has 1 heterocycles. The molecule has 3 aromatic rings. The Morgan fingerprint density at radius 1 is 0.925 bits per heavy atom. The molecule has 4 rings (SSSR count). The minimum Gasteiger partial charge on any atom is -0.370 e. The highest BCUT2D eigenvalue weighted by Crippen LogP contribution is 2.26. The molecule has 0 bridgehead atoms. The van der Waals surface area contributed by atoms with Crippen molar-refractivity contribution in [3.05, 3.63) is 108 Å². The summed E-state index contributed by atoms with van der Waals surface area (Å²) < 4.78 is 0. The predicted octanol–water partition coefficient (Wildman–Crippen LogP) is 3.65. The molecule has 1 aliphatic rings. The van der Waals surface area contributed by atoms with Crippen molar-refractivity contribution in [2.75, 3.05) is 32.7 Å². The highest BCUT2D eigenvalue weighted by Gasteiger charge is 2.26. The van der Waals surface area contributed by atoms with Crippen LogP contribution in [0.4, 0.5) is 0 Å². The number of aliphatic imine (C=N–C) groups is 1. The van der Waals surface area contributed by atoms with Crippen LogP contribution in [0, 0.1) is 0 Å². The summed E-state index contributed by atoms with van der Waals surface area (Å²) in [5.41, 5.74) is 14.9. The number of hydrogen-bond acceptors (Lipinski definition) is 4. The topological polar surface area (TPSA) is 109 Å². The second kappa shape index (κ2) is 15.8. The fraction of sp³-hybridized carbons (Fsp3) is 0.394. The maximum absolute atomic E-state index is 12.6. The monoisotopic (exact) mass is 540 g/mol. The van der Waals surface area contributed by atoms with E-state index >= 15 is 0 Å². The first kappa shape index (κ1) is 29.3. The van der Waals surface area contributed by atoms with E-state index in [2.05, 4.69) is 93.3 Å². The average molecular weight is 541 g/mol. The van der Waals surface area contributed by atoms with Crippen LogP contribution in [0.3, 0.4) is 0 Å². The lowest BCUT2D eigenvalue weighted by atomic mass is 9.90. The van der Waals surface area contributed by atoms with Crippen molar-refractivity contribution in [1.29, 1.82) is 0 Å². The molecule has 0 aromatic heterocycles. The molecular weight excluding hydrogens is 496 g/mol. The van der Waals surface area contributed by atoms with Crippen LogP contribution >= 0.6 is 0 Å². The Balaban J connectivity index is 1.39. The lowest BCUT2D eigenvalue weighted by Gasteiger charge is -2.29. The van der Waals surface area contributed by atoms with Gasteiger partial charge in [0.2, 0.25) is 5.91 Å². The Morgan fingerprint density at radius 2 is 1.55 bits per heavy atom. The summed E-state index contributed by atoms with van der Waals surface area (Å²) in [4.78, 5) is 19.4. The number of aryl methyl sites for hydroxylation is 1. The summed E-state index contributed by atoms with van der Waals surface area (Å²) in [5, 5.41) is 7.03. The van der Waals surface area contributed by atoms with Crippen LogP contribution < -0.4 is 22.1 Å². The third-order valence-corrected chi connectivity index (χ3v) is 7.62. The summed E-state index contributed by atoms with van der Waals surface area (Å²) in [5.74, 6) is 0.531. The molecule has 1 fully saturated rings. The Kier molecular flexibility index (Phi) is 11.6. The smallest absolute Gasteiger partial charge is 0.220 e. The number of nitrogens with one attached hydrogen (secondary N) is 2. The zero-order valence-corrected chi connectivity index (χ0v) is 23.4. The summed E-state index contributed by atoms with van der Waals surface area (Å²) in [6.45, 7) is 4.11. The van der Waals surface area contributed by atoms with Crippen molar-refractivity contribution in [3.63, 3.8) is 0 Å². The zero-order valence-electron chi connectivity index (χ0n) is 23.4. The molecule has 40 heavy (non-hydrogen) atoms. The molecule has 1 saturated heterocycles. The molecule has 2 unspecified atom stereocenters. The van der Waals surface area contributed by atoms with E-state index in [9.17, 15) is 4.79 Å². The molecule has 1 amide bonds. The van der Waals surface area contributed by atoms with E-state index in [1.54, 1.807) is 0 Å². The minimum atomic E-state index is 0.101. The molecule has 0 radical (unpaired) electrons. The molecule has 0 spiro atoms. The number of hydrogen-bond donors (Lipinski definition) is 4. The van der Waals surface area contributed by atoms with Gasteiger partial charge in [0.05, 0.1) is 0 Å². The molecule has 0 aliphatic carbocycles. The number of carbonyl (C=O) groups excluding carboxylic acids is 1. The van der Waals surface area contributed by atoms with E-state index in [4.69, 9.17) is 11.5 Å². The van der Waals surface area contributed by atoms with E-state index in [-0.39, 0.29) is 24.0 Å². The van der Waals surface area contributed by atoms with Gasteiger partial charge in [-0.1, -0.05) is 91.0 Å². The minimum absolute atomic E-state index is 0.101. The van der Waals surface area contributed by atoms with E-state index in [1.807, 2.05) is 18.2 Å². The van der Waals surface area contributed by atoms with E-state index in [0.29, 0.717) is 25.4 Å². The maximum atomic E-state index is 12.6. The molecule has 212 valence electrons. The van der Waals surface area contributed by atoms with Crippen LogP contribution in [0.25, 0.3) is 0 Å². The van der Waals surface area contributed by atoms with Gasteiger partial charge in [0.1, 0.15) is 0 Å². The lowest BCUT2D eigenvalue weighted by molar-refractivity contribution is -0.121. The molecule has 0 saturated carbocycles. The van der Waals surface area contributed by atoms with E-state index < -0.39 is 0 Å². The quantitative estimate of drug-likeness (QED) is 0.150. The number of guanidine groups is 1. The van der Waals surface area contributed by atoms with Crippen molar-refractivity contribution in [3.8, 4) is 0 Å². The summed E-state index contributed by atoms with van der Waals surface area (Å²) >= 11 is 0. The van der Waals surface area contributed by atoms with E-state index in [0.717, 1.165) is 45.3 Å². The third kappa shape index (κ3) is 9.81. The fourth-order valence-corrected chi connectivity index (χ4v) is 5.52. The van der Waals surface area contributed by atoms with Crippen molar-refractivity contribution < 1.29 is 4.79 Å². The first-order chi connectivity index (χ1) is 19.6. The summed E-state index contributed by atoms with van der Waals surface area (Å²) in [6, 6.07) is 32.2. The number of carbonyl (C=O) groups is 1. The Morgan fingerprint density at radius 3 is 2.17 bits per heavy atom. The molecule has 1 aliphatic heterocycles. The van der Waals surface area contributed by atoms with Gasteiger partial charge in [-0.15, -0.1) is 0 Å². The summed E-state index contributed by atoms with van der Waals surface area (Å²) in [6.07, 6.45) is 4.10. The number of amides is 1. The lowest BCUT2D eigenvalue weighted by Crippen LogP contribution is -2.46. The van der Waals surface area contributed by atoms with Crippen LogP contribution in [0.2, 0.25) is 0 Å². The zero-order chi connectivity index (χ0) is 28.0. The van der Waals surface area contributed by atoms with Gasteiger partial charge in [0, 0.05) is 50.6 Å². The Labute approximate surface area is 239 Å². The van der Waals surface area contributed by atoms with Gasteiger partial charge < -0.3 is 27.0 Å². The molecule has 7 nitrogen and oxygen atoms in total. The second-order valence-electron chi connectivity index (χ2n) is 10.7. The van der Waals surface area contributed by atoms with Crippen LogP contribution in [-0.2, 0) is 11.2 Å². The normalized spacial score (nSPS) is 17.7. The molecule has 6 N–H and O–H groups in total. The Hall–Kier alpha value is -3.68. The van der Waals surface area contributed by atoms with E-state index in [1.165, 1.54) is 16.7 Å². The first-order valence-corrected chi connectivity index (χ1v) is 14.5. The predicted molar refractivity (Wildman–Crippen MR) is 164 cm³/mol. The first-order valence-electron chi connectivity index (χ1n) is 14.5. The maximum Gasteiger partial charge on any atom is 0.220 e. The molecule has 2 atom stereocenters. The van der Waals surface area contributed by atoms with Gasteiger partial charge in [0.25, 0.3) is 0 Å². The van der Waals surface area contributed by atoms with Gasteiger partial charge in [-0.2, -0.15) is 0 Å². The van der Waals surface area contributed by atoms with Crippen molar-refractivity contribution >= 4 is 11.9 Å². The van der Waals surface area contributed by atoms with Crippen LogP contribution in [0.5, 0.6) is 0 Å². The van der Waals surface area contributed by atoms with Gasteiger partial charge in [-0.05, 0) is 48.9 Å². The summed E-state index contributed by atoms with van der Waals surface area (Å²) in [7, 11) is 0. The highest BCUT2D eigenvalue weighted by atomic mass is 16.1. The number of nitrogens with two attached hydrogens (primary N) is 2. The number of nitrogens with zero attached hydrogens (tertiary/aromatic N) is 2. The largest absolute Gasteiger partial charge is 0.370 e. The van der Waals surface area contributed by atoms with Gasteiger partial charge in [-0.25, -0.2) is 0 Å². The van der Waals surface area contributed by atoms with Crippen LogP contribution in [0.1, 0.15) is 48.3 Å². The van der Waals surface area contributed by atoms with Crippen LogP contribution in [0.15, 0.2) is 96.0 Å².